The van der Waals surface area contributed by atoms with E-state index in [0.29, 0.717) is 0 Å². The van der Waals surface area contributed by atoms with E-state index in [2.05, 4.69) is 78.6 Å². The molecule has 0 aromatic heterocycles. The van der Waals surface area contributed by atoms with Gasteiger partial charge < -0.3 is 8.54 Å². The summed E-state index contributed by atoms with van der Waals surface area (Å²) in [6.07, 6.45) is 0. The van der Waals surface area contributed by atoms with Gasteiger partial charge in [-0.15, -0.1) is 0 Å². The van der Waals surface area contributed by atoms with Crippen molar-refractivity contribution in [3.8, 4) is 0 Å². The first-order valence-corrected chi connectivity index (χ1v) is 20.5. The Kier molecular flexibility index (Phi) is 5.10. The number of rotatable bonds is 3. The molecule has 23 heavy (non-hydrogen) atoms. The minimum atomic E-state index is -2.10. The zero-order valence-electron chi connectivity index (χ0n) is 16.5. The predicted octanol–water partition coefficient (Wildman–Crippen LogP) is 3.48. The fraction of sp³-hybridized carbons (Fsp3) is 0.647. The second-order valence-corrected chi connectivity index (χ2v) is 36.6. The Morgan fingerprint density at radius 3 is 2.30 bits per heavy atom. The van der Waals surface area contributed by atoms with Crippen molar-refractivity contribution < 1.29 is 8.54 Å². The summed E-state index contributed by atoms with van der Waals surface area (Å²) in [5.41, 5.74) is 2.79. The lowest BCUT2D eigenvalue weighted by Gasteiger charge is -2.57. The molecule has 1 aromatic carbocycles. The smallest absolute Gasteiger partial charge is 0.300 e. The minimum Gasteiger partial charge on any atom is -0.440 e. The van der Waals surface area contributed by atoms with Crippen molar-refractivity contribution in [1.82, 2.24) is 0 Å². The van der Waals surface area contributed by atoms with Gasteiger partial charge in [-0.25, -0.2) is 0 Å². The summed E-state index contributed by atoms with van der Waals surface area (Å²) < 4.78 is 13.6. The number of aryl methyl sites for hydroxylation is 1. The van der Waals surface area contributed by atoms with Crippen LogP contribution in [0.4, 0.5) is 0 Å². The molecule has 0 N–H and O–H groups in total. The van der Waals surface area contributed by atoms with Crippen molar-refractivity contribution in [2.24, 2.45) is 0 Å². The van der Waals surface area contributed by atoms with E-state index in [9.17, 15) is 0 Å². The average molecular weight is 383 g/mol. The summed E-state index contributed by atoms with van der Waals surface area (Å²) >= 11 is 0. The summed E-state index contributed by atoms with van der Waals surface area (Å²) in [6, 6.07) is 7.90. The van der Waals surface area contributed by atoms with Gasteiger partial charge in [-0.2, -0.15) is 0 Å². The maximum Gasteiger partial charge on any atom is 0.300 e. The molecule has 1 aliphatic heterocycles. The molecule has 0 amide bonds. The normalized spacial score (nSPS) is 29.1. The molecule has 2 nitrogen and oxygen atoms in total. The van der Waals surface area contributed by atoms with Crippen molar-refractivity contribution in [3.05, 3.63) is 29.3 Å². The first kappa shape index (κ1) is 19.3. The zero-order chi connectivity index (χ0) is 17.7. The molecular formula is C17H34O2Si4. The van der Waals surface area contributed by atoms with Crippen LogP contribution < -0.4 is 5.19 Å². The molecule has 1 heterocycles. The molecule has 1 aromatic rings. The summed E-state index contributed by atoms with van der Waals surface area (Å²) in [7, 11) is -5.59. The van der Waals surface area contributed by atoms with Crippen LogP contribution >= 0.6 is 0 Å². The summed E-state index contributed by atoms with van der Waals surface area (Å²) in [4.78, 5) is 0. The Morgan fingerprint density at radius 1 is 1.09 bits per heavy atom. The fourth-order valence-corrected chi connectivity index (χ4v) is 39.6. The Balaban J connectivity index is 2.30. The average Bonchev–Trinajstić information content (AvgIpc) is 2.37. The number of benzene rings is 1. The van der Waals surface area contributed by atoms with Crippen LogP contribution in [-0.2, 0) is 8.54 Å². The third-order valence-corrected chi connectivity index (χ3v) is 47.9. The molecule has 1 unspecified atom stereocenters. The molecular weight excluding hydrogens is 349 g/mol. The molecule has 6 heteroatoms. The van der Waals surface area contributed by atoms with Gasteiger partial charge in [0.05, 0.1) is 5.60 Å². The lowest BCUT2D eigenvalue weighted by molar-refractivity contribution is 0.0964. The molecule has 1 aliphatic rings. The Morgan fingerprint density at radius 2 is 1.70 bits per heavy atom. The SMILES string of the molecule is Cc1cccc([SiH2]O[Si]2(C)OC(C)(C)C[Si](C)(C)[Si]2(C)C)c1C. The molecule has 130 valence electrons. The highest BCUT2D eigenvalue weighted by Crippen LogP contribution is 2.44. The third kappa shape index (κ3) is 3.52. The van der Waals surface area contributed by atoms with Gasteiger partial charge in [-0.3, -0.25) is 0 Å². The van der Waals surface area contributed by atoms with Crippen molar-refractivity contribution in [1.29, 1.82) is 0 Å². The maximum absolute atomic E-state index is 6.83. The molecule has 1 fully saturated rings. The Bertz CT molecular complexity index is 598. The highest BCUT2D eigenvalue weighted by atomic mass is 29.7. The summed E-state index contributed by atoms with van der Waals surface area (Å²) in [5.74, 6) is 0. The highest BCUT2D eigenvalue weighted by Gasteiger charge is 2.64. The van der Waals surface area contributed by atoms with Crippen molar-refractivity contribution in [3.63, 3.8) is 0 Å². The number of hydrogen-bond acceptors (Lipinski definition) is 2. The highest BCUT2D eigenvalue weighted by molar-refractivity contribution is 7.67. The minimum absolute atomic E-state index is 0.00470. The first-order valence-electron chi connectivity index (χ1n) is 8.71. The van der Waals surface area contributed by atoms with E-state index >= 15 is 0 Å². The summed E-state index contributed by atoms with van der Waals surface area (Å²) in [6.45, 7) is 21.6. The van der Waals surface area contributed by atoms with E-state index in [-0.39, 0.29) is 5.60 Å². The van der Waals surface area contributed by atoms with Crippen LogP contribution in [-0.4, -0.2) is 38.1 Å². The number of hydrogen-bond donors (Lipinski definition) is 0. The van der Waals surface area contributed by atoms with Gasteiger partial charge in [0.2, 0.25) is 0 Å². The van der Waals surface area contributed by atoms with Crippen LogP contribution in [0, 0.1) is 13.8 Å². The molecule has 2 rings (SSSR count). The standard InChI is InChI=1S/C17H34O2Si4/c1-14-11-10-12-16(15(14)2)20-19-23(9)18-17(3,4)13-21(5,6)22(23,7)8/h10-12H,13,20H2,1-9H3. The largest absolute Gasteiger partial charge is 0.440 e. The van der Waals surface area contributed by atoms with E-state index in [1.54, 1.807) is 0 Å². The predicted molar refractivity (Wildman–Crippen MR) is 112 cm³/mol. The summed E-state index contributed by atoms with van der Waals surface area (Å²) in [5, 5.41) is 1.45. The van der Waals surface area contributed by atoms with Gasteiger partial charge in [-0.1, -0.05) is 44.4 Å². The van der Waals surface area contributed by atoms with Crippen LogP contribution in [0.1, 0.15) is 25.0 Å². The van der Waals surface area contributed by atoms with E-state index in [0.717, 1.165) is 0 Å². The van der Waals surface area contributed by atoms with Gasteiger partial charge >= 0.3 is 0 Å². The van der Waals surface area contributed by atoms with E-state index in [1.807, 2.05) is 0 Å². The first-order chi connectivity index (χ1) is 10.3. The monoisotopic (exact) mass is 382 g/mol. The molecule has 0 saturated carbocycles. The van der Waals surface area contributed by atoms with E-state index in [1.165, 1.54) is 22.4 Å². The van der Waals surface area contributed by atoms with Crippen LogP contribution in [0.5, 0.6) is 0 Å². The second kappa shape index (κ2) is 6.07. The van der Waals surface area contributed by atoms with Gasteiger partial charge in [0.25, 0.3) is 8.08 Å². The lowest BCUT2D eigenvalue weighted by Crippen LogP contribution is -2.80. The molecule has 0 aliphatic carbocycles. The Hall–Kier alpha value is 0.00753. The van der Waals surface area contributed by atoms with Crippen LogP contribution in [0.15, 0.2) is 18.2 Å². The Labute approximate surface area is 147 Å². The zero-order valence-corrected chi connectivity index (χ0v) is 20.9. The van der Waals surface area contributed by atoms with Crippen LogP contribution in [0.2, 0.25) is 38.8 Å². The quantitative estimate of drug-likeness (QED) is 0.745. The topological polar surface area (TPSA) is 18.5 Å². The maximum atomic E-state index is 6.83. The van der Waals surface area contributed by atoms with Gasteiger partial charge in [0, 0.05) is 7.59 Å². The van der Waals surface area contributed by atoms with E-state index < -0.39 is 32.5 Å². The van der Waals surface area contributed by atoms with Crippen molar-refractivity contribution in [2.75, 3.05) is 0 Å². The van der Waals surface area contributed by atoms with Gasteiger partial charge in [-0.05, 0) is 56.6 Å². The molecule has 0 radical (unpaired) electrons. The fourth-order valence-electron chi connectivity index (χ4n) is 3.98. The molecule has 1 saturated heterocycles. The molecule has 1 atom stereocenters. The van der Waals surface area contributed by atoms with Crippen molar-refractivity contribution in [2.45, 2.75) is 72.1 Å². The second-order valence-electron chi connectivity index (χ2n) is 9.14. The van der Waals surface area contributed by atoms with Gasteiger partial charge in [0.15, 0.2) is 9.76 Å². The van der Waals surface area contributed by atoms with Crippen LogP contribution in [0.3, 0.4) is 0 Å². The van der Waals surface area contributed by atoms with Gasteiger partial charge in [0.1, 0.15) is 7.11 Å². The van der Waals surface area contributed by atoms with Crippen LogP contribution in [0.25, 0.3) is 0 Å². The third-order valence-electron chi connectivity index (χ3n) is 6.39. The molecule has 0 bridgehead atoms. The van der Waals surface area contributed by atoms with E-state index in [4.69, 9.17) is 8.54 Å². The lowest BCUT2D eigenvalue weighted by atomic mass is 10.1. The molecule has 0 spiro atoms. The van der Waals surface area contributed by atoms with Crippen molar-refractivity contribution >= 4 is 37.7 Å².